The minimum absolute atomic E-state index is 0.538. The summed E-state index contributed by atoms with van der Waals surface area (Å²) in [6, 6.07) is 5.58. The quantitative estimate of drug-likeness (QED) is 0.844. The van der Waals surface area contributed by atoms with Gasteiger partial charge in [-0.2, -0.15) is 0 Å². The third kappa shape index (κ3) is 3.25. The molecule has 0 fully saturated rings. The van der Waals surface area contributed by atoms with Gasteiger partial charge in [-0.1, -0.05) is 0 Å². The second-order valence-corrected chi connectivity index (χ2v) is 4.72. The van der Waals surface area contributed by atoms with E-state index in [0.29, 0.717) is 10.9 Å². The van der Waals surface area contributed by atoms with E-state index in [2.05, 4.69) is 15.0 Å². The number of nitrogens with zero attached hydrogens (tertiary/aromatic N) is 3. The van der Waals surface area contributed by atoms with Crippen molar-refractivity contribution in [2.24, 2.45) is 0 Å². The standard InChI is InChI=1S/C12H13N3OS/c1-8-5-6-13-12(15-8)17-10-3-4-11(9(2)16)14-7-10/h3-7,9,16H,1-2H3. The Labute approximate surface area is 104 Å². The SMILES string of the molecule is Cc1ccnc(Sc2ccc(C(C)O)nc2)n1. The summed E-state index contributed by atoms with van der Waals surface area (Å²) in [5.74, 6) is 0. The number of aliphatic hydroxyl groups is 1. The number of rotatable bonds is 3. The Balaban J connectivity index is 2.14. The second-order valence-electron chi connectivity index (χ2n) is 3.68. The molecule has 0 saturated carbocycles. The van der Waals surface area contributed by atoms with Crippen LogP contribution in [-0.4, -0.2) is 20.1 Å². The van der Waals surface area contributed by atoms with Crippen molar-refractivity contribution in [1.82, 2.24) is 15.0 Å². The predicted molar refractivity (Wildman–Crippen MR) is 65.8 cm³/mol. The van der Waals surface area contributed by atoms with Gasteiger partial charge in [0.2, 0.25) is 0 Å². The van der Waals surface area contributed by atoms with Gasteiger partial charge < -0.3 is 5.11 Å². The zero-order valence-electron chi connectivity index (χ0n) is 9.66. The minimum Gasteiger partial charge on any atom is -0.387 e. The molecule has 0 aliphatic heterocycles. The molecule has 5 heteroatoms. The molecule has 2 rings (SSSR count). The second kappa shape index (κ2) is 5.25. The lowest BCUT2D eigenvalue weighted by Gasteiger charge is -2.04. The molecule has 88 valence electrons. The predicted octanol–water partition coefficient (Wildman–Crippen LogP) is 2.38. The third-order valence-corrected chi connectivity index (χ3v) is 3.03. The van der Waals surface area contributed by atoms with Crippen LogP contribution in [0.4, 0.5) is 0 Å². The number of aryl methyl sites for hydroxylation is 1. The largest absolute Gasteiger partial charge is 0.387 e. The van der Waals surface area contributed by atoms with E-state index >= 15 is 0 Å². The fourth-order valence-corrected chi connectivity index (χ4v) is 2.04. The van der Waals surface area contributed by atoms with Crippen LogP contribution in [0.2, 0.25) is 0 Å². The lowest BCUT2D eigenvalue weighted by Crippen LogP contribution is -1.94. The van der Waals surface area contributed by atoms with E-state index < -0.39 is 6.10 Å². The Morgan fingerprint density at radius 2 is 2.06 bits per heavy atom. The molecule has 0 aliphatic rings. The van der Waals surface area contributed by atoms with Crippen molar-refractivity contribution in [3.63, 3.8) is 0 Å². The molecular formula is C12H13N3OS. The van der Waals surface area contributed by atoms with Crippen molar-refractivity contribution >= 4 is 11.8 Å². The molecule has 4 nitrogen and oxygen atoms in total. The smallest absolute Gasteiger partial charge is 0.192 e. The van der Waals surface area contributed by atoms with Gasteiger partial charge in [0, 0.05) is 23.0 Å². The number of hydrogen-bond donors (Lipinski definition) is 1. The van der Waals surface area contributed by atoms with Crippen LogP contribution in [0.15, 0.2) is 40.6 Å². The molecule has 1 N–H and O–H groups in total. The lowest BCUT2D eigenvalue weighted by molar-refractivity contribution is 0.194. The van der Waals surface area contributed by atoms with Crippen LogP contribution in [0.1, 0.15) is 24.4 Å². The third-order valence-electron chi connectivity index (χ3n) is 2.17. The topological polar surface area (TPSA) is 58.9 Å². The van der Waals surface area contributed by atoms with Crippen LogP contribution in [0, 0.1) is 6.92 Å². The van der Waals surface area contributed by atoms with Crippen molar-refractivity contribution < 1.29 is 5.11 Å². The monoisotopic (exact) mass is 247 g/mol. The fraction of sp³-hybridized carbons (Fsp3) is 0.250. The highest BCUT2D eigenvalue weighted by Gasteiger charge is 2.04. The molecule has 0 saturated heterocycles. The molecule has 0 radical (unpaired) electrons. The summed E-state index contributed by atoms with van der Waals surface area (Å²) in [5, 5.41) is 10.1. The summed E-state index contributed by atoms with van der Waals surface area (Å²) in [7, 11) is 0. The van der Waals surface area contributed by atoms with Crippen LogP contribution >= 0.6 is 11.8 Å². The molecular weight excluding hydrogens is 234 g/mol. The Morgan fingerprint density at radius 3 is 2.65 bits per heavy atom. The summed E-state index contributed by atoms with van der Waals surface area (Å²) in [5.41, 5.74) is 1.61. The van der Waals surface area contributed by atoms with Gasteiger partial charge >= 0.3 is 0 Å². The summed E-state index contributed by atoms with van der Waals surface area (Å²) in [4.78, 5) is 13.6. The molecule has 2 aromatic rings. The van der Waals surface area contributed by atoms with Gasteiger partial charge in [0.1, 0.15) is 0 Å². The van der Waals surface area contributed by atoms with Crippen molar-refractivity contribution in [2.75, 3.05) is 0 Å². The van der Waals surface area contributed by atoms with E-state index in [1.165, 1.54) is 11.8 Å². The Kier molecular flexibility index (Phi) is 3.71. The van der Waals surface area contributed by atoms with Gasteiger partial charge in [0.05, 0.1) is 11.8 Å². The first kappa shape index (κ1) is 12.0. The van der Waals surface area contributed by atoms with Crippen LogP contribution in [0.25, 0.3) is 0 Å². The van der Waals surface area contributed by atoms with Crippen LogP contribution in [0.3, 0.4) is 0 Å². The molecule has 0 aromatic carbocycles. The zero-order chi connectivity index (χ0) is 12.3. The summed E-state index contributed by atoms with van der Waals surface area (Å²) < 4.78 is 0. The molecule has 1 atom stereocenters. The fourth-order valence-electron chi connectivity index (χ4n) is 1.28. The summed E-state index contributed by atoms with van der Waals surface area (Å²) in [6.07, 6.45) is 2.92. The first-order valence-corrected chi connectivity index (χ1v) is 6.08. The number of pyridine rings is 1. The minimum atomic E-state index is -0.538. The highest BCUT2D eigenvalue weighted by Crippen LogP contribution is 2.24. The average Bonchev–Trinajstić information content (AvgIpc) is 2.29. The Bertz CT molecular complexity index is 499. The van der Waals surface area contributed by atoms with E-state index in [-0.39, 0.29) is 0 Å². The molecule has 0 spiro atoms. The first-order valence-electron chi connectivity index (χ1n) is 5.26. The average molecular weight is 247 g/mol. The Morgan fingerprint density at radius 1 is 1.24 bits per heavy atom. The van der Waals surface area contributed by atoms with Crippen molar-refractivity contribution in [3.05, 3.63) is 42.0 Å². The van der Waals surface area contributed by atoms with E-state index in [0.717, 1.165) is 10.6 Å². The molecule has 1 unspecified atom stereocenters. The molecule has 0 bridgehead atoms. The number of hydrogen-bond acceptors (Lipinski definition) is 5. The number of aromatic nitrogens is 3. The molecule has 17 heavy (non-hydrogen) atoms. The van der Waals surface area contributed by atoms with Gasteiger partial charge in [-0.3, -0.25) is 4.98 Å². The molecule has 0 aliphatic carbocycles. The molecule has 2 heterocycles. The van der Waals surface area contributed by atoms with Crippen LogP contribution < -0.4 is 0 Å². The van der Waals surface area contributed by atoms with Gasteiger partial charge in [-0.25, -0.2) is 9.97 Å². The summed E-state index contributed by atoms with van der Waals surface area (Å²) >= 11 is 1.46. The van der Waals surface area contributed by atoms with E-state index in [4.69, 9.17) is 0 Å². The first-order chi connectivity index (χ1) is 8.15. The zero-order valence-corrected chi connectivity index (χ0v) is 10.5. The lowest BCUT2D eigenvalue weighted by atomic mass is 10.2. The highest BCUT2D eigenvalue weighted by atomic mass is 32.2. The normalized spacial score (nSPS) is 12.4. The van der Waals surface area contributed by atoms with E-state index in [1.54, 1.807) is 19.3 Å². The maximum Gasteiger partial charge on any atom is 0.192 e. The molecule has 2 aromatic heterocycles. The maximum absolute atomic E-state index is 9.35. The van der Waals surface area contributed by atoms with Crippen LogP contribution in [-0.2, 0) is 0 Å². The van der Waals surface area contributed by atoms with E-state index in [1.807, 2.05) is 25.1 Å². The maximum atomic E-state index is 9.35. The van der Waals surface area contributed by atoms with Crippen molar-refractivity contribution in [3.8, 4) is 0 Å². The molecule has 0 amide bonds. The van der Waals surface area contributed by atoms with E-state index in [9.17, 15) is 5.11 Å². The highest BCUT2D eigenvalue weighted by molar-refractivity contribution is 7.99. The van der Waals surface area contributed by atoms with Crippen LogP contribution in [0.5, 0.6) is 0 Å². The van der Waals surface area contributed by atoms with Gasteiger partial charge in [0.15, 0.2) is 5.16 Å². The van der Waals surface area contributed by atoms with Crippen molar-refractivity contribution in [2.45, 2.75) is 30.0 Å². The van der Waals surface area contributed by atoms with Gasteiger partial charge in [-0.05, 0) is 43.8 Å². The summed E-state index contributed by atoms with van der Waals surface area (Å²) in [6.45, 7) is 3.62. The van der Waals surface area contributed by atoms with Crippen molar-refractivity contribution in [1.29, 1.82) is 0 Å². The van der Waals surface area contributed by atoms with Gasteiger partial charge in [0.25, 0.3) is 0 Å². The van der Waals surface area contributed by atoms with Gasteiger partial charge in [-0.15, -0.1) is 0 Å². The Hall–Kier alpha value is -1.46. The number of aliphatic hydroxyl groups excluding tert-OH is 1.